The number of hydrogen-bond donors (Lipinski definition) is 3. The van der Waals surface area contributed by atoms with E-state index >= 15 is 0 Å². The van der Waals surface area contributed by atoms with Gasteiger partial charge in [-0.25, -0.2) is 0 Å². The minimum Gasteiger partial charge on any atom is -0.399 e. The van der Waals surface area contributed by atoms with Gasteiger partial charge in [-0.15, -0.1) is 0 Å². The van der Waals surface area contributed by atoms with E-state index < -0.39 is 0 Å². The molecule has 0 saturated heterocycles. The molecule has 0 unspecified atom stereocenters. The van der Waals surface area contributed by atoms with E-state index in [9.17, 15) is 4.79 Å². The zero-order valence-corrected chi connectivity index (χ0v) is 15.5. The van der Waals surface area contributed by atoms with Crippen LogP contribution in [0.5, 0.6) is 0 Å². The molecule has 0 aromatic heterocycles. The molecule has 0 fully saturated rings. The Morgan fingerprint density at radius 2 is 1.81 bits per heavy atom. The number of amides is 1. The molecular formula is C19H29N3O4. The summed E-state index contributed by atoms with van der Waals surface area (Å²) in [6, 6.07) is 7.69. The first kappa shape index (κ1) is 21.7. The number of rotatable bonds is 13. The van der Waals surface area contributed by atoms with E-state index in [1.165, 1.54) is 0 Å². The lowest BCUT2D eigenvalue weighted by Gasteiger charge is -2.08. The molecule has 0 saturated carbocycles. The zero-order valence-electron chi connectivity index (χ0n) is 15.5. The summed E-state index contributed by atoms with van der Waals surface area (Å²) in [4.78, 5) is 11.5. The smallest absolute Gasteiger partial charge is 0.246 e. The lowest BCUT2D eigenvalue weighted by Crippen LogP contribution is -2.22. The lowest BCUT2D eigenvalue weighted by molar-refractivity contribution is -0.117. The molecule has 4 N–H and O–H groups in total. The predicted octanol–water partition coefficient (Wildman–Crippen LogP) is 1.77. The van der Waals surface area contributed by atoms with Gasteiger partial charge in [0.2, 0.25) is 5.91 Å². The molecule has 0 aliphatic carbocycles. The maximum Gasteiger partial charge on any atom is 0.246 e. The second-order valence-corrected chi connectivity index (χ2v) is 5.68. The Bertz CT molecular complexity index is 585. The van der Waals surface area contributed by atoms with Gasteiger partial charge in [0, 0.05) is 31.1 Å². The molecule has 0 spiro atoms. The van der Waals surface area contributed by atoms with Gasteiger partial charge in [-0.3, -0.25) is 4.79 Å². The SMILES string of the molecule is C=C(C)C(=O)NCc1ccc(N/C=C(\N)COCCOCCOC)cc1. The van der Waals surface area contributed by atoms with Crippen molar-refractivity contribution in [2.75, 3.05) is 45.5 Å². The lowest BCUT2D eigenvalue weighted by atomic mass is 10.2. The fourth-order valence-electron chi connectivity index (χ4n) is 1.82. The van der Waals surface area contributed by atoms with Gasteiger partial charge >= 0.3 is 0 Å². The van der Waals surface area contributed by atoms with E-state index in [1.807, 2.05) is 24.3 Å². The van der Waals surface area contributed by atoms with Gasteiger partial charge in [0.05, 0.1) is 38.7 Å². The van der Waals surface area contributed by atoms with Gasteiger partial charge in [0.15, 0.2) is 0 Å². The Morgan fingerprint density at radius 1 is 1.15 bits per heavy atom. The highest BCUT2D eigenvalue weighted by Crippen LogP contribution is 2.10. The first-order chi connectivity index (χ1) is 12.5. The second kappa shape index (κ2) is 12.9. The molecule has 7 nitrogen and oxygen atoms in total. The Kier molecular flexibility index (Phi) is 10.8. The monoisotopic (exact) mass is 363 g/mol. The molecule has 1 aromatic carbocycles. The van der Waals surface area contributed by atoms with Crippen LogP contribution in [-0.4, -0.2) is 46.1 Å². The van der Waals surface area contributed by atoms with Crippen molar-refractivity contribution in [3.63, 3.8) is 0 Å². The van der Waals surface area contributed by atoms with E-state index in [0.717, 1.165) is 11.3 Å². The molecule has 1 aromatic rings. The third-order valence-electron chi connectivity index (χ3n) is 3.29. The number of nitrogens with one attached hydrogen (secondary N) is 2. The van der Waals surface area contributed by atoms with Crippen molar-refractivity contribution in [2.45, 2.75) is 13.5 Å². The molecule has 1 rings (SSSR count). The summed E-state index contributed by atoms with van der Waals surface area (Å²) in [5.74, 6) is -0.146. The van der Waals surface area contributed by atoms with Gasteiger partial charge < -0.3 is 30.6 Å². The average Bonchev–Trinajstić information content (AvgIpc) is 2.64. The molecule has 0 radical (unpaired) electrons. The third kappa shape index (κ3) is 9.83. The highest BCUT2D eigenvalue weighted by molar-refractivity contribution is 5.92. The number of carbonyl (C=O) groups excluding carboxylic acids is 1. The Hall–Kier alpha value is -2.35. The molecule has 26 heavy (non-hydrogen) atoms. The zero-order chi connectivity index (χ0) is 19.2. The first-order valence-corrected chi connectivity index (χ1v) is 8.41. The van der Waals surface area contributed by atoms with E-state index in [1.54, 1.807) is 20.2 Å². The molecule has 1 amide bonds. The molecule has 144 valence electrons. The fourth-order valence-corrected chi connectivity index (χ4v) is 1.82. The van der Waals surface area contributed by atoms with E-state index in [0.29, 0.717) is 50.8 Å². The fraction of sp³-hybridized carbons (Fsp3) is 0.421. The van der Waals surface area contributed by atoms with Crippen LogP contribution in [-0.2, 0) is 25.5 Å². The predicted molar refractivity (Wildman–Crippen MR) is 103 cm³/mol. The number of carbonyl (C=O) groups is 1. The van der Waals surface area contributed by atoms with Crippen LogP contribution in [0.2, 0.25) is 0 Å². The quantitative estimate of drug-likeness (QED) is 0.365. The number of methoxy groups -OCH3 is 1. The van der Waals surface area contributed by atoms with Crippen molar-refractivity contribution in [1.82, 2.24) is 5.32 Å². The maximum absolute atomic E-state index is 11.5. The summed E-state index contributed by atoms with van der Waals surface area (Å²) in [6.45, 7) is 8.18. The Labute approximate surface area is 155 Å². The first-order valence-electron chi connectivity index (χ1n) is 8.41. The summed E-state index contributed by atoms with van der Waals surface area (Å²) >= 11 is 0. The van der Waals surface area contributed by atoms with Crippen molar-refractivity contribution in [1.29, 1.82) is 0 Å². The summed E-state index contributed by atoms with van der Waals surface area (Å²) in [5.41, 5.74) is 8.85. The van der Waals surface area contributed by atoms with Gasteiger partial charge in [-0.1, -0.05) is 18.7 Å². The minimum absolute atomic E-state index is 0.146. The van der Waals surface area contributed by atoms with E-state index in [-0.39, 0.29) is 5.91 Å². The van der Waals surface area contributed by atoms with Crippen LogP contribution < -0.4 is 16.4 Å². The average molecular weight is 363 g/mol. The van der Waals surface area contributed by atoms with Gasteiger partial charge in [-0.2, -0.15) is 0 Å². The van der Waals surface area contributed by atoms with Crippen LogP contribution in [0, 0.1) is 0 Å². The number of nitrogens with two attached hydrogens (primary N) is 1. The van der Waals surface area contributed by atoms with Gasteiger partial charge in [0.25, 0.3) is 0 Å². The largest absolute Gasteiger partial charge is 0.399 e. The normalized spacial score (nSPS) is 11.2. The van der Waals surface area contributed by atoms with Crippen molar-refractivity contribution in [2.24, 2.45) is 5.73 Å². The van der Waals surface area contributed by atoms with Crippen molar-refractivity contribution in [3.8, 4) is 0 Å². The summed E-state index contributed by atoms with van der Waals surface area (Å²) < 4.78 is 15.6. The maximum atomic E-state index is 11.5. The molecule has 0 atom stereocenters. The molecular weight excluding hydrogens is 334 g/mol. The van der Waals surface area contributed by atoms with Crippen LogP contribution in [0.15, 0.2) is 48.3 Å². The number of ether oxygens (including phenoxy) is 3. The van der Waals surface area contributed by atoms with E-state index in [2.05, 4.69) is 17.2 Å². The minimum atomic E-state index is -0.146. The molecule has 0 aliphatic heterocycles. The van der Waals surface area contributed by atoms with Crippen LogP contribution in [0.25, 0.3) is 0 Å². The Balaban J connectivity index is 2.25. The highest BCUT2D eigenvalue weighted by Gasteiger charge is 2.01. The van der Waals surface area contributed by atoms with Crippen molar-refractivity contribution < 1.29 is 19.0 Å². The second-order valence-electron chi connectivity index (χ2n) is 5.68. The van der Waals surface area contributed by atoms with Crippen LogP contribution in [0.3, 0.4) is 0 Å². The standard InChI is InChI=1S/C19H29N3O4/c1-15(2)19(23)22-12-16-4-6-18(7-5-16)21-13-17(20)14-26-11-10-25-9-8-24-3/h4-7,13,21H,1,8-12,14,20H2,2-3H3,(H,22,23)/b17-13-. The van der Waals surface area contributed by atoms with Crippen molar-refractivity contribution in [3.05, 3.63) is 53.9 Å². The van der Waals surface area contributed by atoms with Gasteiger partial charge in [-0.05, 0) is 24.6 Å². The molecule has 0 aliphatic rings. The van der Waals surface area contributed by atoms with Crippen LogP contribution in [0.4, 0.5) is 5.69 Å². The summed E-state index contributed by atoms with van der Waals surface area (Å²) in [7, 11) is 1.63. The number of anilines is 1. The molecule has 7 heteroatoms. The summed E-state index contributed by atoms with van der Waals surface area (Å²) in [6.07, 6.45) is 1.70. The van der Waals surface area contributed by atoms with Crippen LogP contribution in [0.1, 0.15) is 12.5 Å². The molecule has 0 heterocycles. The third-order valence-corrected chi connectivity index (χ3v) is 3.29. The summed E-state index contributed by atoms with van der Waals surface area (Å²) in [5, 5.41) is 5.90. The molecule has 0 bridgehead atoms. The van der Waals surface area contributed by atoms with Gasteiger partial charge in [0.1, 0.15) is 0 Å². The highest BCUT2D eigenvalue weighted by atomic mass is 16.5. The van der Waals surface area contributed by atoms with Crippen molar-refractivity contribution >= 4 is 11.6 Å². The van der Waals surface area contributed by atoms with Crippen LogP contribution >= 0.6 is 0 Å². The Morgan fingerprint density at radius 3 is 2.46 bits per heavy atom. The number of benzene rings is 1. The number of hydrogen-bond acceptors (Lipinski definition) is 6. The topological polar surface area (TPSA) is 94.8 Å². The van der Waals surface area contributed by atoms with E-state index in [4.69, 9.17) is 19.9 Å².